The summed E-state index contributed by atoms with van der Waals surface area (Å²) in [5.41, 5.74) is 1.29. The van der Waals surface area contributed by atoms with E-state index in [0.29, 0.717) is 17.1 Å². The highest BCUT2D eigenvalue weighted by atomic mass is 79.9. The zero-order valence-corrected chi connectivity index (χ0v) is 31.6. The van der Waals surface area contributed by atoms with Crippen LogP contribution in [-0.2, 0) is 25.6 Å². The minimum atomic E-state index is -1.25. The molecule has 4 amide bonds. The van der Waals surface area contributed by atoms with Crippen LogP contribution >= 0.6 is 15.9 Å². The number of rotatable bonds is 8. The zero-order chi connectivity index (χ0) is 37.9. The normalized spacial score (nSPS) is 14.9. The van der Waals surface area contributed by atoms with Gasteiger partial charge in [-0.25, -0.2) is 9.59 Å². The Kier molecular flexibility index (Phi) is 11.2. The Balaban J connectivity index is 1.59. The van der Waals surface area contributed by atoms with Gasteiger partial charge in [-0.1, -0.05) is 40.2 Å². The first-order chi connectivity index (χ1) is 24.6. The number of methoxy groups -OCH3 is 2. The number of esters is 1. The van der Waals surface area contributed by atoms with Crippen molar-refractivity contribution in [1.29, 1.82) is 0 Å². The maximum Gasteiger partial charge on any atom is 0.410 e. The van der Waals surface area contributed by atoms with E-state index in [1.54, 1.807) is 52.1 Å². The number of likely N-dealkylation sites (N-methyl/N-ethyl adjacent to an activating group) is 1. The summed E-state index contributed by atoms with van der Waals surface area (Å²) in [5, 5.41) is 4.59. The first-order valence-electron chi connectivity index (χ1n) is 16.6. The topological polar surface area (TPSA) is 135 Å². The number of halogens is 1. The number of carbonyl (C=O) groups excluding carboxylic acids is 5. The highest BCUT2D eigenvalue weighted by Crippen LogP contribution is 2.38. The van der Waals surface area contributed by atoms with E-state index in [1.807, 2.05) is 30.3 Å². The van der Waals surface area contributed by atoms with Gasteiger partial charge in [0.2, 0.25) is 5.91 Å². The lowest BCUT2D eigenvalue weighted by molar-refractivity contribution is -0.130. The minimum Gasteiger partial charge on any atom is -0.496 e. The second-order valence-electron chi connectivity index (χ2n) is 13.3. The van der Waals surface area contributed by atoms with Gasteiger partial charge in [-0.05, 0) is 93.1 Å². The van der Waals surface area contributed by atoms with Gasteiger partial charge in [0, 0.05) is 22.6 Å². The van der Waals surface area contributed by atoms with Gasteiger partial charge < -0.3 is 29.3 Å². The van der Waals surface area contributed by atoms with Crippen LogP contribution in [0.4, 0.5) is 16.2 Å². The van der Waals surface area contributed by atoms with Gasteiger partial charge in [0.25, 0.3) is 11.8 Å². The number of hydrogen-bond donors (Lipinski definition) is 1. The molecule has 12 nitrogen and oxygen atoms in total. The van der Waals surface area contributed by atoms with E-state index >= 15 is 0 Å². The summed E-state index contributed by atoms with van der Waals surface area (Å²) in [6.45, 7) is 6.48. The highest BCUT2D eigenvalue weighted by Gasteiger charge is 2.39. The van der Waals surface area contributed by atoms with E-state index in [4.69, 9.17) is 14.2 Å². The number of amides is 4. The van der Waals surface area contributed by atoms with Crippen LogP contribution in [0.1, 0.15) is 54.0 Å². The molecule has 13 heteroatoms. The van der Waals surface area contributed by atoms with E-state index in [9.17, 15) is 24.0 Å². The number of nitrogens with one attached hydrogen (secondary N) is 1. The third-order valence-electron chi connectivity index (χ3n) is 8.74. The summed E-state index contributed by atoms with van der Waals surface area (Å²) >= 11 is 3.53. The first kappa shape index (κ1) is 37.8. The van der Waals surface area contributed by atoms with Gasteiger partial charge in [0.05, 0.1) is 44.2 Å². The maximum atomic E-state index is 14.8. The van der Waals surface area contributed by atoms with Crippen molar-refractivity contribution in [3.8, 4) is 5.75 Å². The second-order valence-corrected chi connectivity index (χ2v) is 14.3. The summed E-state index contributed by atoms with van der Waals surface area (Å²) in [6.07, 6.45) is -0.710. The molecule has 0 saturated heterocycles. The van der Waals surface area contributed by atoms with Crippen LogP contribution in [0.5, 0.6) is 5.75 Å². The molecule has 2 unspecified atom stereocenters. The molecule has 4 aromatic carbocycles. The van der Waals surface area contributed by atoms with Gasteiger partial charge in [0.15, 0.2) is 0 Å². The fraction of sp³-hybridized carbons (Fsp3) is 0.308. The van der Waals surface area contributed by atoms with Crippen LogP contribution in [0.2, 0.25) is 0 Å². The number of para-hydroxylation sites is 2. The molecule has 0 aliphatic carbocycles. The maximum absolute atomic E-state index is 14.8. The Labute approximate surface area is 310 Å². The summed E-state index contributed by atoms with van der Waals surface area (Å²) < 4.78 is 16.9. The summed E-state index contributed by atoms with van der Waals surface area (Å²) in [6, 6.07) is 20.3. The Morgan fingerprint density at radius 3 is 2.23 bits per heavy atom. The van der Waals surface area contributed by atoms with Gasteiger partial charge in [-0.2, -0.15) is 0 Å². The van der Waals surface area contributed by atoms with Crippen molar-refractivity contribution in [2.24, 2.45) is 0 Å². The predicted octanol–water partition coefficient (Wildman–Crippen LogP) is 6.33. The van der Waals surface area contributed by atoms with Crippen LogP contribution in [-0.4, -0.2) is 80.2 Å². The van der Waals surface area contributed by atoms with Crippen LogP contribution in [0, 0.1) is 0 Å². The molecule has 1 aliphatic heterocycles. The number of benzene rings is 4. The Morgan fingerprint density at radius 1 is 0.942 bits per heavy atom. The van der Waals surface area contributed by atoms with Crippen LogP contribution in [0.15, 0.2) is 83.3 Å². The molecule has 0 fully saturated rings. The smallest absolute Gasteiger partial charge is 0.410 e. The monoisotopic (exact) mass is 772 g/mol. The molecule has 1 N–H and O–H groups in total. The summed E-state index contributed by atoms with van der Waals surface area (Å²) in [5.74, 6) is -1.58. The molecule has 1 heterocycles. The number of carbonyl (C=O) groups is 5. The molecular weight excluding hydrogens is 732 g/mol. The van der Waals surface area contributed by atoms with Crippen LogP contribution in [0.25, 0.3) is 10.8 Å². The third kappa shape index (κ3) is 8.04. The van der Waals surface area contributed by atoms with E-state index in [0.717, 1.165) is 25.7 Å². The zero-order valence-electron chi connectivity index (χ0n) is 30.1. The fourth-order valence-electron chi connectivity index (χ4n) is 5.89. The molecule has 0 radical (unpaired) electrons. The van der Waals surface area contributed by atoms with E-state index < -0.39 is 47.5 Å². The van der Waals surface area contributed by atoms with Gasteiger partial charge in [-0.15, -0.1) is 0 Å². The molecule has 1 aliphatic rings. The van der Waals surface area contributed by atoms with Crippen molar-refractivity contribution in [3.63, 3.8) is 0 Å². The molecule has 5 rings (SSSR count). The van der Waals surface area contributed by atoms with Crippen molar-refractivity contribution >= 4 is 67.9 Å². The van der Waals surface area contributed by atoms with Crippen molar-refractivity contribution in [2.45, 2.75) is 51.9 Å². The Morgan fingerprint density at radius 2 is 1.60 bits per heavy atom. The molecule has 0 bridgehead atoms. The highest BCUT2D eigenvalue weighted by molar-refractivity contribution is 9.10. The molecule has 0 spiro atoms. The quantitative estimate of drug-likeness (QED) is 0.206. The number of anilines is 2. The molecular formula is C39H41BrN4O8. The molecule has 2 atom stereocenters. The standard InChI is InChI=1S/C39H41BrN4O8/c1-23(42(5)38(49)52-39(2,3)4)34(45)41-30-22-44(35(46)24-12-14-25(15-13-24)37(48)51-7)32-11-9-8-10-31(32)43(36(30)47)21-29-28-18-17-27(40)20-26(28)16-19-33(29)50-6/h8-20,23,30H,21-22H2,1-7H3,(H,41,45). The predicted molar refractivity (Wildman–Crippen MR) is 201 cm³/mol. The van der Waals surface area contributed by atoms with Crippen molar-refractivity contribution in [1.82, 2.24) is 10.2 Å². The number of nitrogens with zero attached hydrogens (tertiary/aromatic N) is 3. The minimum absolute atomic E-state index is 0.0353. The van der Waals surface area contributed by atoms with Crippen molar-refractivity contribution in [2.75, 3.05) is 37.6 Å². The van der Waals surface area contributed by atoms with Crippen LogP contribution in [0.3, 0.4) is 0 Å². The lowest BCUT2D eigenvalue weighted by atomic mass is 10.0. The number of fused-ring (bicyclic) bond motifs is 2. The summed E-state index contributed by atoms with van der Waals surface area (Å²) in [7, 11) is 4.26. The first-order valence-corrected chi connectivity index (χ1v) is 17.3. The molecule has 272 valence electrons. The number of hydrogen-bond acceptors (Lipinski definition) is 8. The van der Waals surface area contributed by atoms with E-state index in [2.05, 4.69) is 21.2 Å². The van der Waals surface area contributed by atoms with Gasteiger partial charge >= 0.3 is 12.1 Å². The lowest BCUT2D eigenvalue weighted by Gasteiger charge is -2.30. The fourth-order valence-corrected chi connectivity index (χ4v) is 6.27. The SMILES string of the molecule is COC(=O)c1ccc(C(=O)N2CC(NC(=O)C(C)N(C)C(=O)OC(C)(C)C)C(=O)N(Cc3c(OC)ccc4cc(Br)ccc34)c3ccccc32)cc1. The molecule has 0 aromatic heterocycles. The average molecular weight is 774 g/mol. The van der Waals surface area contributed by atoms with Gasteiger partial charge in [0.1, 0.15) is 23.4 Å². The number of ether oxygens (including phenoxy) is 3. The summed E-state index contributed by atoms with van der Waals surface area (Å²) in [4.78, 5) is 71.9. The van der Waals surface area contributed by atoms with E-state index in [1.165, 1.54) is 55.1 Å². The molecule has 0 saturated carbocycles. The lowest BCUT2D eigenvalue weighted by Crippen LogP contribution is -2.57. The Hall–Kier alpha value is -5.43. The second kappa shape index (κ2) is 15.4. The van der Waals surface area contributed by atoms with Crippen molar-refractivity contribution in [3.05, 3.63) is 100 Å². The average Bonchev–Trinajstić information content (AvgIpc) is 3.23. The molecule has 4 aromatic rings. The largest absolute Gasteiger partial charge is 0.496 e. The molecule has 52 heavy (non-hydrogen) atoms. The van der Waals surface area contributed by atoms with Crippen LogP contribution < -0.4 is 19.9 Å². The van der Waals surface area contributed by atoms with Crippen molar-refractivity contribution < 1.29 is 38.2 Å². The third-order valence-corrected chi connectivity index (χ3v) is 9.23. The van der Waals surface area contributed by atoms with E-state index in [-0.39, 0.29) is 24.2 Å². The van der Waals surface area contributed by atoms with Gasteiger partial charge in [-0.3, -0.25) is 19.3 Å². The Bertz CT molecular complexity index is 2030.